The molecule has 134 valence electrons. The molecule has 0 atom stereocenters. The standard InChI is InChI=1S/C19H17BrN2O3S/c1-9-10(2)26-18-15(9)19(24)22-5-4-12(17(22)21-18)6-11-7-13(20)16(23)14(8-11)25-3/h6-8,23H,4-5H2,1-3H3/b12-6+. The highest BCUT2D eigenvalue weighted by molar-refractivity contribution is 9.10. The van der Waals surface area contributed by atoms with Crippen LogP contribution < -0.4 is 10.3 Å². The smallest absolute Gasteiger partial charge is 0.262 e. The molecule has 1 aromatic carbocycles. The van der Waals surface area contributed by atoms with Crippen molar-refractivity contribution in [1.82, 2.24) is 9.55 Å². The maximum Gasteiger partial charge on any atom is 0.262 e. The highest BCUT2D eigenvalue weighted by Crippen LogP contribution is 2.37. The van der Waals surface area contributed by atoms with E-state index in [-0.39, 0.29) is 11.3 Å². The molecular formula is C19H17BrN2O3S. The Labute approximate surface area is 162 Å². The Morgan fingerprint density at radius 3 is 2.88 bits per heavy atom. The summed E-state index contributed by atoms with van der Waals surface area (Å²) in [6.45, 7) is 4.64. The summed E-state index contributed by atoms with van der Waals surface area (Å²) in [7, 11) is 1.52. The molecule has 0 bridgehead atoms. The van der Waals surface area contributed by atoms with E-state index in [9.17, 15) is 9.90 Å². The van der Waals surface area contributed by atoms with Crippen molar-refractivity contribution in [2.45, 2.75) is 26.8 Å². The molecule has 2 aromatic heterocycles. The summed E-state index contributed by atoms with van der Waals surface area (Å²) in [4.78, 5) is 19.6. The van der Waals surface area contributed by atoms with Gasteiger partial charge in [-0.05, 0) is 71.1 Å². The SMILES string of the molecule is COc1cc(/C=C2\CCn3c2nc2sc(C)c(C)c2c3=O)cc(Br)c1O. The van der Waals surface area contributed by atoms with Crippen molar-refractivity contribution in [2.75, 3.05) is 7.11 Å². The first-order valence-corrected chi connectivity index (χ1v) is 9.79. The van der Waals surface area contributed by atoms with Crippen LogP contribution in [0.4, 0.5) is 0 Å². The van der Waals surface area contributed by atoms with E-state index in [1.807, 2.05) is 26.0 Å². The predicted octanol–water partition coefficient (Wildman–Crippen LogP) is 4.50. The van der Waals surface area contributed by atoms with E-state index in [0.29, 0.717) is 16.8 Å². The van der Waals surface area contributed by atoms with E-state index in [4.69, 9.17) is 9.72 Å². The first kappa shape index (κ1) is 17.3. The van der Waals surface area contributed by atoms with Crippen molar-refractivity contribution in [2.24, 2.45) is 0 Å². The van der Waals surface area contributed by atoms with Gasteiger partial charge in [-0.15, -0.1) is 11.3 Å². The average Bonchev–Trinajstić information content (AvgIpc) is 3.13. The van der Waals surface area contributed by atoms with Crippen molar-refractivity contribution in [3.05, 3.63) is 48.8 Å². The molecule has 4 rings (SSSR count). The largest absolute Gasteiger partial charge is 0.503 e. The molecule has 0 saturated carbocycles. The van der Waals surface area contributed by atoms with Gasteiger partial charge in [0.05, 0.1) is 17.0 Å². The Morgan fingerprint density at radius 2 is 2.15 bits per heavy atom. The Kier molecular flexibility index (Phi) is 4.16. The molecule has 0 spiro atoms. The molecule has 0 radical (unpaired) electrons. The molecule has 5 nitrogen and oxygen atoms in total. The Balaban J connectivity index is 1.88. The summed E-state index contributed by atoms with van der Waals surface area (Å²) in [6.07, 6.45) is 2.75. The van der Waals surface area contributed by atoms with Crippen molar-refractivity contribution in [1.29, 1.82) is 0 Å². The highest BCUT2D eigenvalue weighted by Gasteiger charge is 2.23. The van der Waals surface area contributed by atoms with Gasteiger partial charge in [-0.3, -0.25) is 9.36 Å². The normalized spacial score (nSPS) is 15.0. The maximum absolute atomic E-state index is 12.9. The third-order valence-corrected chi connectivity index (χ3v) is 6.50. The van der Waals surface area contributed by atoms with Crippen molar-refractivity contribution >= 4 is 49.1 Å². The highest BCUT2D eigenvalue weighted by atomic mass is 79.9. The second-order valence-electron chi connectivity index (χ2n) is 6.33. The third kappa shape index (κ3) is 2.57. The topological polar surface area (TPSA) is 64.4 Å². The Morgan fingerprint density at radius 1 is 1.38 bits per heavy atom. The number of hydrogen-bond donors (Lipinski definition) is 1. The van der Waals surface area contributed by atoms with Crippen LogP contribution in [0, 0.1) is 13.8 Å². The minimum atomic E-state index is 0.0414. The second-order valence-corrected chi connectivity index (χ2v) is 8.39. The average molecular weight is 433 g/mol. The van der Waals surface area contributed by atoms with Gasteiger partial charge in [0, 0.05) is 11.4 Å². The summed E-state index contributed by atoms with van der Waals surface area (Å²) < 4.78 is 7.54. The van der Waals surface area contributed by atoms with Gasteiger partial charge in [-0.25, -0.2) is 4.98 Å². The molecule has 7 heteroatoms. The van der Waals surface area contributed by atoms with Gasteiger partial charge in [0.15, 0.2) is 11.5 Å². The van der Waals surface area contributed by atoms with Crippen LogP contribution >= 0.6 is 27.3 Å². The monoisotopic (exact) mass is 432 g/mol. The molecule has 0 fully saturated rings. The zero-order chi connectivity index (χ0) is 18.6. The molecule has 3 heterocycles. The molecule has 3 aromatic rings. The number of ether oxygens (including phenoxy) is 1. The zero-order valence-electron chi connectivity index (χ0n) is 14.6. The number of fused-ring (bicyclic) bond motifs is 2. The number of aromatic hydroxyl groups is 1. The van der Waals surface area contributed by atoms with Crippen LogP contribution in [0.25, 0.3) is 21.9 Å². The Hall–Kier alpha value is -2.12. The number of methoxy groups -OCH3 is 1. The Bertz CT molecular complexity index is 1140. The number of nitrogens with zero attached hydrogens (tertiary/aromatic N) is 2. The van der Waals surface area contributed by atoms with Gasteiger partial charge in [-0.1, -0.05) is 0 Å². The lowest BCUT2D eigenvalue weighted by Gasteiger charge is -2.07. The van der Waals surface area contributed by atoms with Crippen molar-refractivity contribution in [3.8, 4) is 11.5 Å². The van der Waals surface area contributed by atoms with Crippen molar-refractivity contribution < 1.29 is 9.84 Å². The number of hydrogen-bond acceptors (Lipinski definition) is 5. The number of thiophene rings is 1. The predicted molar refractivity (Wildman–Crippen MR) is 108 cm³/mol. The number of halogens is 1. The molecule has 1 aliphatic rings. The summed E-state index contributed by atoms with van der Waals surface area (Å²) >= 11 is 4.91. The lowest BCUT2D eigenvalue weighted by Crippen LogP contribution is -2.20. The van der Waals surface area contributed by atoms with Gasteiger partial charge >= 0.3 is 0 Å². The van der Waals surface area contributed by atoms with Gasteiger partial charge < -0.3 is 9.84 Å². The van der Waals surface area contributed by atoms with E-state index in [0.717, 1.165) is 44.0 Å². The van der Waals surface area contributed by atoms with Crippen LogP contribution in [-0.2, 0) is 6.54 Å². The third-order valence-electron chi connectivity index (χ3n) is 4.79. The van der Waals surface area contributed by atoms with Gasteiger partial charge in [0.2, 0.25) is 0 Å². The number of phenols is 1. The molecular weight excluding hydrogens is 416 g/mol. The van der Waals surface area contributed by atoms with Crippen LogP contribution in [0.5, 0.6) is 11.5 Å². The van der Waals surface area contributed by atoms with Crippen LogP contribution in [-0.4, -0.2) is 21.8 Å². The molecule has 0 unspecified atom stereocenters. The van der Waals surface area contributed by atoms with E-state index >= 15 is 0 Å². The lowest BCUT2D eigenvalue weighted by molar-refractivity contribution is 0.372. The number of aryl methyl sites for hydroxylation is 2. The summed E-state index contributed by atoms with van der Waals surface area (Å²) in [5, 5.41) is 10.7. The molecule has 1 N–H and O–H groups in total. The van der Waals surface area contributed by atoms with Crippen LogP contribution in [0.3, 0.4) is 0 Å². The number of benzene rings is 1. The lowest BCUT2D eigenvalue weighted by atomic mass is 10.1. The van der Waals surface area contributed by atoms with Gasteiger partial charge in [0.1, 0.15) is 10.7 Å². The summed E-state index contributed by atoms with van der Waals surface area (Å²) in [5.41, 5.74) is 2.96. The van der Waals surface area contributed by atoms with Gasteiger partial charge in [-0.2, -0.15) is 0 Å². The summed E-state index contributed by atoms with van der Waals surface area (Å²) in [6, 6.07) is 3.59. The minimum absolute atomic E-state index is 0.0414. The first-order chi connectivity index (χ1) is 12.4. The number of allylic oxidation sites excluding steroid dienone is 1. The fraction of sp³-hybridized carbons (Fsp3) is 0.263. The molecule has 26 heavy (non-hydrogen) atoms. The fourth-order valence-corrected chi connectivity index (χ4v) is 4.77. The fourth-order valence-electron chi connectivity index (χ4n) is 3.29. The molecule has 0 aliphatic carbocycles. The van der Waals surface area contributed by atoms with Gasteiger partial charge in [0.25, 0.3) is 5.56 Å². The number of aromatic nitrogens is 2. The van der Waals surface area contributed by atoms with Crippen LogP contribution in [0.15, 0.2) is 21.4 Å². The van der Waals surface area contributed by atoms with Crippen molar-refractivity contribution in [3.63, 3.8) is 0 Å². The van der Waals surface area contributed by atoms with Crippen LogP contribution in [0.2, 0.25) is 0 Å². The van der Waals surface area contributed by atoms with Crippen LogP contribution in [0.1, 0.15) is 28.2 Å². The zero-order valence-corrected chi connectivity index (χ0v) is 17.0. The number of phenolic OH excluding ortho intramolecular Hbond substituents is 1. The first-order valence-electron chi connectivity index (χ1n) is 8.18. The molecule has 0 saturated heterocycles. The van der Waals surface area contributed by atoms with E-state index < -0.39 is 0 Å². The second kappa shape index (κ2) is 6.25. The number of rotatable bonds is 2. The quantitative estimate of drug-likeness (QED) is 0.647. The minimum Gasteiger partial charge on any atom is -0.503 e. The van der Waals surface area contributed by atoms with E-state index in [1.54, 1.807) is 22.0 Å². The van der Waals surface area contributed by atoms with E-state index in [1.165, 1.54) is 7.11 Å². The molecule has 0 amide bonds. The molecule has 1 aliphatic heterocycles. The maximum atomic E-state index is 12.9. The summed E-state index contributed by atoms with van der Waals surface area (Å²) in [5.74, 6) is 1.20. The van der Waals surface area contributed by atoms with E-state index in [2.05, 4.69) is 15.9 Å².